The Hall–Kier alpha value is -1.14. The molecule has 0 unspecified atom stereocenters. The van der Waals surface area contributed by atoms with Crippen LogP contribution < -0.4 is 5.32 Å². The Balaban J connectivity index is 2.41. The predicted molar refractivity (Wildman–Crippen MR) is 86.6 cm³/mol. The average molecular weight is 313 g/mol. The molecule has 1 heterocycles. The Morgan fingerprint density at radius 1 is 1.48 bits per heavy atom. The summed E-state index contributed by atoms with van der Waals surface area (Å²) in [6.45, 7) is 13.8. The van der Waals surface area contributed by atoms with Crippen molar-refractivity contribution in [3.63, 3.8) is 0 Å². The number of hydrogen-bond donors (Lipinski definition) is 1. The number of aryl methyl sites for hydroxylation is 1. The van der Waals surface area contributed by atoms with E-state index < -0.39 is 5.60 Å². The van der Waals surface area contributed by atoms with Gasteiger partial charge < -0.3 is 15.0 Å². The van der Waals surface area contributed by atoms with Crippen molar-refractivity contribution in [3.8, 4) is 0 Å². The summed E-state index contributed by atoms with van der Waals surface area (Å²) >= 11 is 1.65. The van der Waals surface area contributed by atoms with E-state index in [4.69, 9.17) is 4.74 Å². The predicted octanol–water partition coefficient (Wildman–Crippen LogP) is 3.19. The highest BCUT2D eigenvalue weighted by molar-refractivity contribution is 7.09. The maximum Gasteiger partial charge on any atom is 0.410 e. The maximum atomic E-state index is 12.1. The summed E-state index contributed by atoms with van der Waals surface area (Å²) in [5.41, 5.74) is 2.46. The molecule has 0 radical (unpaired) electrons. The van der Waals surface area contributed by atoms with Crippen molar-refractivity contribution < 1.29 is 9.53 Å². The van der Waals surface area contributed by atoms with Crippen molar-refractivity contribution in [3.05, 3.63) is 16.1 Å². The molecule has 0 saturated heterocycles. The first-order valence-corrected chi connectivity index (χ1v) is 8.18. The summed E-state index contributed by atoms with van der Waals surface area (Å²) in [5, 5.41) is 3.35. The van der Waals surface area contributed by atoms with Crippen LogP contribution >= 0.6 is 11.3 Å². The van der Waals surface area contributed by atoms with Gasteiger partial charge in [-0.1, -0.05) is 0 Å². The zero-order valence-electron chi connectivity index (χ0n) is 13.9. The van der Waals surface area contributed by atoms with Gasteiger partial charge in [-0.15, -0.1) is 11.3 Å². The van der Waals surface area contributed by atoms with Gasteiger partial charge in [0, 0.05) is 30.6 Å². The molecular weight excluding hydrogens is 286 g/mol. The molecule has 5 nitrogen and oxygen atoms in total. The molecule has 0 aliphatic carbocycles. The Morgan fingerprint density at radius 2 is 2.14 bits per heavy atom. The number of carbonyl (C=O) groups is 1. The van der Waals surface area contributed by atoms with Gasteiger partial charge in [0.15, 0.2) is 0 Å². The van der Waals surface area contributed by atoms with Gasteiger partial charge in [0.2, 0.25) is 0 Å². The highest BCUT2D eigenvalue weighted by Gasteiger charge is 2.23. The van der Waals surface area contributed by atoms with Crippen LogP contribution in [0.3, 0.4) is 0 Å². The van der Waals surface area contributed by atoms with Gasteiger partial charge in [-0.05, 0) is 41.5 Å². The van der Waals surface area contributed by atoms with Gasteiger partial charge in [0.1, 0.15) is 5.60 Å². The number of rotatable bonds is 6. The molecule has 120 valence electrons. The van der Waals surface area contributed by atoms with Crippen LogP contribution in [0.1, 0.15) is 45.2 Å². The molecule has 21 heavy (non-hydrogen) atoms. The van der Waals surface area contributed by atoms with E-state index in [0.717, 1.165) is 18.8 Å². The smallest absolute Gasteiger partial charge is 0.410 e. The normalized spacial score (nSPS) is 11.8. The summed E-state index contributed by atoms with van der Waals surface area (Å²) in [4.78, 5) is 19.4. The quantitative estimate of drug-likeness (QED) is 0.820. The number of thiazole rings is 1. The third kappa shape index (κ3) is 6.44. The van der Waals surface area contributed by atoms with Crippen LogP contribution in [0, 0.1) is 6.92 Å². The number of amides is 1. The van der Waals surface area contributed by atoms with E-state index in [-0.39, 0.29) is 12.1 Å². The van der Waals surface area contributed by atoms with Crippen molar-refractivity contribution in [1.29, 1.82) is 0 Å². The molecule has 0 aliphatic rings. The van der Waals surface area contributed by atoms with Crippen LogP contribution in [0.15, 0.2) is 5.51 Å². The summed E-state index contributed by atoms with van der Waals surface area (Å²) in [6, 6.07) is 0.117. The highest BCUT2D eigenvalue weighted by atomic mass is 32.1. The summed E-state index contributed by atoms with van der Waals surface area (Å²) in [6.07, 6.45) is -0.256. The van der Waals surface area contributed by atoms with Gasteiger partial charge >= 0.3 is 6.09 Å². The van der Waals surface area contributed by atoms with E-state index in [0.29, 0.717) is 6.54 Å². The third-order valence-electron chi connectivity index (χ3n) is 2.91. The van der Waals surface area contributed by atoms with E-state index in [2.05, 4.69) is 10.3 Å². The summed E-state index contributed by atoms with van der Waals surface area (Å²) in [7, 11) is 0. The topological polar surface area (TPSA) is 54.5 Å². The molecule has 1 aromatic rings. The lowest BCUT2D eigenvalue weighted by Gasteiger charge is -2.30. The lowest BCUT2D eigenvalue weighted by molar-refractivity contribution is 0.0193. The fourth-order valence-electron chi connectivity index (χ4n) is 1.78. The van der Waals surface area contributed by atoms with Crippen molar-refractivity contribution >= 4 is 17.4 Å². The Labute approximate surface area is 131 Å². The van der Waals surface area contributed by atoms with E-state index in [9.17, 15) is 4.79 Å². The SMILES string of the molecule is Cc1ncsc1CNCCN(C(=O)OC(C)(C)C)C(C)C. The lowest BCUT2D eigenvalue weighted by Crippen LogP contribution is -2.44. The third-order valence-corrected chi connectivity index (χ3v) is 3.85. The number of hydrogen-bond acceptors (Lipinski definition) is 5. The van der Waals surface area contributed by atoms with Crippen LogP contribution in [-0.4, -0.2) is 40.7 Å². The van der Waals surface area contributed by atoms with Crippen LogP contribution in [0.4, 0.5) is 4.79 Å². The minimum absolute atomic E-state index is 0.117. The van der Waals surface area contributed by atoms with Crippen LogP contribution in [0.25, 0.3) is 0 Å². The Morgan fingerprint density at radius 3 is 2.62 bits per heavy atom. The molecule has 0 aliphatic heterocycles. The molecule has 0 fully saturated rings. The largest absolute Gasteiger partial charge is 0.444 e. The van der Waals surface area contributed by atoms with Crippen molar-refractivity contribution in [2.45, 2.75) is 59.7 Å². The van der Waals surface area contributed by atoms with E-state index >= 15 is 0 Å². The molecule has 1 aromatic heterocycles. The first kappa shape index (κ1) is 17.9. The second-order valence-corrected chi connectivity index (χ2v) is 7.24. The monoisotopic (exact) mass is 313 g/mol. The molecule has 1 rings (SSSR count). The number of aromatic nitrogens is 1. The van der Waals surface area contributed by atoms with Gasteiger partial charge in [-0.3, -0.25) is 0 Å². The van der Waals surface area contributed by atoms with Crippen molar-refractivity contribution in [2.75, 3.05) is 13.1 Å². The molecule has 6 heteroatoms. The molecule has 0 atom stereocenters. The Kier molecular flexibility index (Phi) is 6.61. The number of nitrogens with zero attached hydrogens (tertiary/aromatic N) is 2. The minimum atomic E-state index is -0.461. The fraction of sp³-hybridized carbons (Fsp3) is 0.733. The van der Waals surface area contributed by atoms with Crippen molar-refractivity contribution in [1.82, 2.24) is 15.2 Å². The number of nitrogens with one attached hydrogen (secondary N) is 1. The number of carbonyl (C=O) groups excluding carboxylic acids is 1. The first-order chi connectivity index (χ1) is 9.70. The second kappa shape index (κ2) is 7.75. The van der Waals surface area contributed by atoms with Crippen molar-refractivity contribution in [2.24, 2.45) is 0 Å². The van der Waals surface area contributed by atoms with E-state index in [1.54, 1.807) is 16.2 Å². The minimum Gasteiger partial charge on any atom is -0.444 e. The first-order valence-electron chi connectivity index (χ1n) is 7.30. The van der Waals surface area contributed by atoms with Gasteiger partial charge in [-0.25, -0.2) is 9.78 Å². The van der Waals surface area contributed by atoms with Crippen LogP contribution in [-0.2, 0) is 11.3 Å². The van der Waals surface area contributed by atoms with Crippen LogP contribution in [0.2, 0.25) is 0 Å². The summed E-state index contributed by atoms with van der Waals surface area (Å²) in [5.74, 6) is 0. The Bertz CT molecular complexity index is 452. The zero-order chi connectivity index (χ0) is 16.0. The van der Waals surface area contributed by atoms with E-state index in [1.807, 2.05) is 47.1 Å². The molecule has 1 N–H and O–H groups in total. The zero-order valence-corrected chi connectivity index (χ0v) is 14.7. The fourth-order valence-corrected chi connectivity index (χ4v) is 2.52. The molecule has 0 spiro atoms. The standard InChI is InChI=1S/C15H27N3O2S/c1-11(2)18(14(19)20-15(4,5)6)8-7-16-9-13-12(3)17-10-21-13/h10-11,16H,7-9H2,1-6H3. The maximum absolute atomic E-state index is 12.1. The second-order valence-electron chi connectivity index (χ2n) is 6.31. The molecule has 0 bridgehead atoms. The number of ether oxygens (including phenoxy) is 1. The van der Waals surface area contributed by atoms with Crippen LogP contribution in [0.5, 0.6) is 0 Å². The summed E-state index contributed by atoms with van der Waals surface area (Å²) < 4.78 is 5.43. The average Bonchev–Trinajstić information content (AvgIpc) is 2.71. The van der Waals surface area contributed by atoms with Gasteiger partial charge in [0.05, 0.1) is 11.2 Å². The van der Waals surface area contributed by atoms with E-state index in [1.165, 1.54) is 4.88 Å². The highest BCUT2D eigenvalue weighted by Crippen LogP contribution is 2.12. The molecular formula is C15H27N3O2S. The molecule has 1 amide bonds. The molecule has 0 saturated carbocycles. The molecule has 0 aromatic carbocycles. The lowest BCUT2D eigenvalue weighted by atomic mass is 10.2. The van der Waals surface area contributed by atoms with Gasteiger partial charge in [0.25, 0.3) is 0 Å². The van der Waals surface area contributed by atoms with Gasteiger partial charge in [-0.2, -0.15) is 0 Å².